The molecule has 0 fully saturated rings. The minimum absolute atomic E-state index is 0.240. The lowest BCUT2D eigenvalue weighted by molar-refractivity contribution is -0.141. The molecule has 0 saturated heterocycles. The largest absolute Gasteiger partial charge is 0.480 e. The lowest BCUT2D eigenvalue weighted by atomic mass is 10.0. The number of nitrogens with one attached hydrogen (secondary N) is 1. The van der Waals surface area contributed by atoms with Gasteiger partial charge in [0.05, 0.1) is 0 Å². The van der Waals surface area contributed by atoms with E-state index in [4.69, 9.17) is 5.11 Å². The second kappa shape index (κ2) is 10.9. The van der Waals surface area contributed by atoms with E-state index in [0.717, 1.165) is 40.6 Å². The smallest absolute Gasteiger partial charge is 0.325 e. The number of carbonyl (C=O) groups excluding carboxylic acids is 1. The second-order valence-electron chi connectivity index (χ2n) is 8.52. The zero-order chi connectivity index (χ0) is 24.0. The Morgan fingerprint density at radius 3 is 2.42 bits per heavy atom. The topological polar surface area (TPSA) is 71.3 Å². The fourth-order valence-corrected chi connectivity index (χ4v) is 4.04. The van der Waals surface area contributed by atoms with Gasteiger partial charge in [-0.1, -0.05) is 36.4 Å². The van der Waals surface area contributed by atoms with Crippen LogP contribution in [0.1, 0.15) is 58.2 Å². The first-order valence-electron chi connectivity index (χ1n) is 11.4. The van der Waals surface area contributed by atoms with Gasteiger partial charge in [-0.05, 0) is 69.9 Å². The summed E-state index contributed by atoms with van der Waals surface area (Å²) < 4.78 is 15.9. The van der Waals surface area contributed by atoms with Gasteiger partial charge >= 0.3 is 5.97 Å². The number of hydrogen-bond donors (Lipinski definition) is 2. The van der Waals surface area contributed by atoms with Crippen molar-refractivity contribution < 1.29 is 19.1 Å². The Morgan fingerprint density at radius 1 is 1.06 bits per heavy atom. The van der Waals surface area contributed by atoms with Crippen molar-refractivity contribution in [2.45, 2.75) is 58.5 Å². The van der Waals surface area contributed by atoms with Gasteiger partial charge in [0.25, 0.3) is 0 Å². The van der Waals surface area contributed by atoms with Crippen molar-refractivity contribution in [2.75, 3.05) is 0 Å². The predicted molar refractivity (Wildman–Crippen MR) is 130 cm³/mol. The number of halogens is 1. The van der Waals surface area contributed by atoms with Gasteiger partial charge in [-0.25, -0.2) is 4.39 Å². The van der Waals surface area contributed by atoms with Crippen LogP contribution in [0.2, 0.25) is 0 Å². The maximum Gasteiger partial charge on any atom is 0.325 e. The van der Waals surface area contributed by atoms with Gasteiger partial charge in [-0.2, -0.15) is 0 Å². The van der Waals surface area contributed by atoms with Crippen LogP contribution in [-0.4, -0.2) is 27.6 Å². The van der Waals surface area contributed by atoms with Crippen LogP contribution in [0.3, 0.4) is 0 Å². The number of allylic oxidation sites excluding steroid dienone is 1. The predicted octanol–water partition coefficient (Wildman–Crippen LogP) is 6.19. The summed E-state index contributed by atoms with van der Waals surface area (Å²) in [5.41, 5.74) is 4.26. The van der Waals surface area contributed by atoms with Crippen LogP contribution < -0.4 is 5.32 Å². The van der Waals surface area contributed by atoms with Crippen LogP contribution in [-0.2, 0) is 9.59 Å². The number of fused-ring (bicyclic) bond motifs is 1. The molecule has 1 atom stereocenters. The standard InChI is InChI=1S/C27H31FN2O3/c1-18(2)30-23-11-9-8-10-22(23)26(20-14-16-21(28)17-15-20)24(30)12-6-4-5-7-13-25(31)29-19(3)27(32)33/h6,8-12,14-19H,4-5,7,13H2,1-3H3,(H,29,31)(H,32,33)/b12-6+. The van der Waals surface area contributed by atoms with E-state index < -0.39 is 12.0 Å². The third-order valence-electron chi connectivity index (χ3n) is 5.65. The minimum Gasteiger partial charge on any atom is -0.480 e. The van der Waals surface area contributed by atoms with Gasteiger partial charge in [0, 0.05) is 34.6 Å². The number of rotatable bonds is 10. The Kier molecular flexibility index (Phi) is 8.04. The van der Waals surface area contributed by atoms with Crippen molar-refractivity contribution >= 4 is 28.9 Å². The Bertz CT molecular complexity index is 1150. The molecule has 0 aliphatic heterocycles. The molecule has 0 aliphatic carbocycles. The average molecular weight is 451 g/mol. The molecule has 1 heterocycles. The fourth-order valence-electron chi connectivity index (χ4n) is 4.04. The number of benzene rings is 2. The third kappa shape index (κ3) is 5.89. The fraction of sp³-hybridized carbons (Fsp3) is 0.333. The van der Waals surface area contributed by atoms with Crippen LogP contribution >= 0.6 is 0 Å². The zero-order valence-electron chi connectivity index (χ0n) is 19.3. The maximum atomic E-state index is 13.6. The number of para-hydroxylation sites is 1. The lowest BCUT2D eigenvalue weighted by Crippen LogP contribution is -2.38. The molecule has 1 unspecified atom stereocenters. The van der Waals surface area contributed by atoms with Crippen LogP contribution in [0.25, 0.3) is 28.1 Å². The summed E-state index contributed by atoms with van der Waals surface area (Å²) in [5, 5.41) is 12.5. The molecule has 0 radical (unpaired) electrons. The number of hydrogen-bond acceptors (Lipinski definition) is 2. The van der Waals surface area contributed by atoms with E-state index in [1.807, 2.05) is 24.3 Å². The van der Waals surface area contributed by atoms with Crippen LogP contribution in [0, 0.1) is 5.82 Å². The summed E-state index contributed by atoms with van der Waals surface area (Å²) >= 11 is 0. The van der Waals surface area contributed by atoms with Crippen molar-refractivity contribution in [3.63, 3.8) is 0 Å². The van der Waals surface area contributed by atoms with Gasteiger partial charge < -0.3 is 15.0 Å². The van der Waals surface area contributed by atoms with E-state index in [0.29, 0.717) is 12.8 Å². The van der Waals surface area contributed by atoms with E-state index in [9.17, 15) is 14.0 Å². The van der Waals surface area contributed by atoms with Gasteiger partial charge in [-0.3, -0.25) is 9.59 Å². The summed E-state index contributed by atoms with van der Waals surface area (Å²) in [5.74, 6) is -1.54. The molecule has 2 N–H and O–H groups in total. The zero-order valence-corrected chi connectivity index (χ0v) is 19.3. The molecule has 174 valence electrons. The molecule has 3 rings (SSSR count). The molecule has 5 nitrogen and oxygen atoms in total. The summed E-state index contributed by atoms with van der Waals surface area (Å²) in [6, 6.07) is 14.2. The molecular formula is C27H31FN2O3. The van der Waals surface area contributed by atoms with Gasteiger partial charge in [0.15, 0.2) is 0 Å². The SMILES string of the molecule is CC(NC(=O)CCCC/C=C/c1c(-c2ccc(F)cc2)c2ccccc2n1C(C)C)C(=O)O. The molecule has 3 aromatic rings. The van der Waals surface area contributed by atoms with Crippen LogP contribution in [0.5, 0.6) is 0 Å². The highest BCUT2D eigenvalue weighted by Crippen LogP contribution is 2.37. The first-order valence-corrected chi connectivity index (χ1v) is 11.4. The van der Waals surface area contributed by atoms with E-state index in [2.05, 4.69) is 48.0 Å². The highest BCUT2D eigenvalue weighted by atomic mass is 19.1. The lowest BCUT2D eigenvalue weighted by Gasteiger charge is -2.13. The quantitative estimate of drug-likeness (QED) is 0.362. The maximum absolute atomic E-state index is 13.6. The molecular weight excluding hydrogens is 419 g/mol. The molecule has 6 heteroatoms. The number of nitrogens with zero attached hydrogens (tertiary/aromatic N) is 1. The number of carboxylic acids is 1. The minimum atomic E-state index is -1.04. The number of aromatic nitrogens is 1. The van der Waals surface area contributed by atoms with E-state index in [1.54, 1.807) is 0 Å². The van der Waals surface area contributed by atoms with Crippen LogP contribution in [0.4, 0.5) is 4.39 Å². The van der Waals surface area contributed by atoms with Crippen LogP contribution in [0.15, 0.2) is 54.6 Å². The molecule has 0 bridgehead atoms. The molecule has 0 aliphatic rings. The third-order valence-corrected chi connectivity index (χ3v) is 5.65. The Hall–Kier alpha value is -3.41. The molecule has 33 heavy (non-hydrogen) atoms. The molecule has 2 aromatic carbocycles. The van der Waals surface area contributed by atoms with E-state index >= 15 is 0 Å². The second-order valence-corrected chi connectivity index (χ2v) is 8.52. The van der Waals surface area contributed by atoms with Gasteiger partial charge in [0.1, 0.15) is 11.9 Å². The first kappa shape index (κ1) is 24.2. The van der Waals surface area contributed by atoms with E-state index in [1.165, 1.54) is 19.1 Å². The Morgan fingerprint density at radius 2 is 1.76 bits per heavy atom. The number of carbonyl (C=O) groups is 2. The molecule has 0 spiro atoms. The van der Waals surface area contributed by atoms with Crippen molar-refractivity contribution in [1.29, 1.82) is 0 Å². The van der Waals surface area contributed by atoms with Crippen molar-refractivity contribution in [3.8, 4) is 11.1 Å². The van der Waals surface area contributed by atoms with Gasteiger partial charge in [0.2, 0.25) is 5.91 Å². The highest BCUT2D eigenvalue weighted by Gasteiger charge is 2.18. The van der Waals surface area contributed by atoms with Gasteiger partial charge in [-0.15, -0.1) is 0 Å². The number of aliphatic carboxylic acids is 1. The van der Waals surface area contributed by atoms with E-state index in [-0.39, 0.29) is 17.8 Å². The number of amides is 1. The molecule has 0 saturated carbocycles. The Labute approximate surface area is 193 Å². The molecule has 1 amide bonds. The average Bonchev–Trinajstić information content (AvgIpc) is 3.10. The summed E-state index contributed by atoms with van der Waals surface area (Å²) in [6.45, 7) is 5.75. The number of carboxylic acid groups (broad SMARTS) is 1. The summed E-state index contributed by atoms with van der Waals surface area (Å²) in [6.07, 6.45) is 6.83. The summed E-state index contributed by atoms with van der Waals surface area (Å²) in [7, 11) is 0. The highest BCUT2D eigenvalue weighted by molar-refractivity contribution is 6.01. The van der Waals surface area contributed by atoms with Crippen molar-refractivity contribution in [3.05, 3.63) is 66.1 Å². The Balaban J connectivity index is 1.78. The van der Waals surface area contributed by atoms with Crippen molar-refractivity contribution in [2.24, 2.45) is 0 Å². The summed E-state index contributed by atoms with van der Waals surface area (Å²) in [4.78, 5) is 22.7. The number of unbranched alkanes of at least 4 members (excludes halogenated alkanes) is 2. The van der Waals surface area contributed by atoms with Crippen molar-refractivity contribution in [1.82, 2.24) is 9.88 Å². The molecule has 1 aromatic heterocycles. The first-order chi connectivity index (χ1) is 15.8. The normalized spacial score (nSPS) is 12.5. The monoisotopic (exact) mass is 450 g/mol.